The molecule has 0 bridgehead atoms. The van der Waals surface area contributed by atoms with E-state index in [1.807, 2.05) is 25.1 Å². The highest BCUT2D eigenvalue weighted by Gasteiger charge is 2.20. The van der Waals surface area contributed by atoms with Gasteiger partial charge in [0.1, 0.15) is 6.61 Å². The number of nitrogens with one attached hydrogen (secondary N) is 1. The van der Waals surface area contributed by atoms with E-state index >= 15 is 0 Å². The maximum Gasteiger partial charge on any atom is 0.161 e. The predicted octanol–water partition coefficient (Wildman–Crippen LogP) is 4.04. The van der Waals surface area contributed by atoms with Crippen LogP contribution >= 0.6 is 23.2 Å². The molecule has 1 aromatic carbocycles. The van der Waals surface area contributed by atoms with Gasteiger partial charge in [0.15, 0.2) is 11.5 Å². The van der Waals surface area contributed by atoms with Gasteiger partial charge >= 0.3 is 0 Å². The summed E-state index contributed by atoms with van der Waals surface area (Å²) in [6, 6.07) is 6.64. The molecule has 3 nitrogen and oxygen atoms in total. The number of halogens is 2. The van der Waals surface area contributed by atoms with Gasteiger partial charge in [-0.2, -0.15) is 0 Å². The number of benzene rings is 1. The lowest BCUT2D eigenvalue weighted by molar-refractivity contribution is 0.295. The zero-order chi connectivity index (χ0) is 14.4. The van der Waals surface area contributed by atoms with Gasteiger partial charge in [0.2, 0.25) is 0 Å². The van der Waals surface area contributed by atoms with Crippen molar-refractivity contribution in [2.75, 3.05) is 13.2 Å². The van der Waals surface area contributed by atoms with Crippen molar-refractivity contribution in [1.29, 1.82) is 0 Å². The summed E-state index contributed by atoms with van der Waals surface area (Å²) in [5.74, 6) is 1.42. The molecular formula is C15H19Cl2NO2. The number of hydrogen-bond donors (Lipinski definition) is 1. The maximum atomic E-state index is 5.82. The first kappa shape index (κ1) is 15.5. The molecule has 0 unspecified atom stereocenters. The summed E-state index contributed by atoms with van der Waals surface area (Å²) in [6.45, 7) is 3.64. The third-order valence-corrected chi connectivity index (χ3v) is 3.56. The van der Waals surface area contributed by atoms with Gasteiger partial charge in [0.05, 0.1) is 11.6 Å². The first-order chi connectivity index (χ1) is 9.72. The first-order valence-corrected chi connectivity index (χ1v) is 7.61. The van der Waals surface area contributed by atoms with Gasteiger partial charge in [0.25, 0.3) is 0 Å². The second-order valence-corrected chi connectivity index (χ2v) is 5.42. The van der Waals surface area contributed by atoms with Crippen LogP contribution < -0.4 is 14.8 Å². The summed E-state index contributed by atoms with van der Waals surface area (Å²) < 4.78 is 11.2. The Labute approximate surface area is 129 Å². The fourth-order valence-corrected chi connectivity index (χ4v) is 1.90. The van der Waals surface area contributed by atoms with E-state index in [-0.39, 0.29) is 6.61 Å². The molecule has 5 heteroatoms. The fraction of sp³-hybridized carbons (Fsp3) is 0.467. The summed E-state index contributed by atoms with van der Waals surface area (Å²) in [7, 11) is 0. The molecule has 1 aliphatic carbocycles. The average Bonchev–Trinajstić information content (AvgIpc) is 3.28. The van der Waals surface area contributed by atoms with Crippen molar-refractivity contribution < 1.29 is 9.47 Å². The van der Waals surface area contributed by atoms with Crippen LogP contribution in [0.2, 0.25) is 0 Å². The Bertz CT molecular complexity index is 473. The zero-order valence-electron chi connectivity index (χ0n) is 11.5. The van der Waals surface area contributed by atoms with Gasteiger partial charge in [-0.3, -0.25) is 0 Å². The van der Waals surface area contributed by atoms with Crippen molar-refractivity contribution in [3.63, 3.8) is 0 Å². The van der Waals surface area contributed by atoms with Crippen LogP contribution in [0.4, 0.5) is 0 Å². The molecule has 0 aromatic heterocycles. The predicted molar refractivity (Wildman–Crippen MR) is 82.8 cm³/mol. The van der Waals surface area contributed by atoms with E-state index in [0.29, 0.717) is 23.4 Å². The van der Waals surface area contributed by atoms with Crippen molar-refractivity contribution in [3.8, 4) is 11.5 Å². The Kier molecular flexibility index (Phi) is 6.02. The van der Waals surface area contributed by atoms with Crippen LogP contribution in [0.5, 0.6) is 11.5 Å². The molecule has 0 amide bonds. The number of hydrogen-bond acceptors (Lipinski definition) is 3. The summed E-state index contributed by atoms with van der Waals surface area (Å²) in [5, 5.41) is 3.93. The molecule has 1 fully saturated rings. The molecule has 0 aliphatic heterocycles. The highest BCUT2D eigenvalue weighted by molar-refractivity contribution is 6.36. The Morgan fingerprint density at radius 3 is 2.80 bits per heavy atom. The fourth-order valence-electron chi connectivity index (χ4n) is 1.78. The molecular weight excluding hydrogens is 297 g/mol. The van der Waals surface area contributed by atoms with Crippen LogP contribution in [0, 0.1) is 0 Å². The zero-order valence-corrected chi connectivity index (χ0v) is 13.0. The minimum atomic E-state index is 0.241. The van der Waals surface area contributed by atoms with Crippen molar-refractivity contribution >= 4 is 23.2 Å². The van der Waals surface area contributed by atoms with Crippen LogP contribution in [0.15, 0.2) is 28.8 Å². The minimum absolute atomic E-state index is 0.241. The van der Waals surface area contributed by atoms with Gasteiger partial charge in [-0.25, -0.2) is 0 Å². The second-order valence-electron chi connectivity index (χ2n) is 4.71. The normalized spacial score (nSPS) is 15.2. The SMILES string of the molecule is CCOc1cc(CNC2CC2)ccc1OCC(Cl)=CCl. The molecule has 0 radical (unpaired) electrons. The van der Waals surface area contributed by atoms with Crippen LogP contribution in [-0.4, -0.2) is 19.3 Å². The standard InChI is InChI=1S/C15H19Cl2NO2/c1-2-19-15-7-11(9-18-13-4-5-13)3-6-14(15)20-10-12(17)8-16/h3,6-8,13,18H,2,4-5,9-10H2,1H3. The molecule has 1 aromatic rings. The summed E-state index contributed by atoms with van der Waals surface area (Å²) in [6.07, 6.45) is 2.56. The third kappa shape index (κ3) is 4.89. The van der Waals surface area contributed by atoms with E-state index < -0.39 is 0 Å². The molecule has 0 atom stereocenters. The lowest BCUT2D eigenvalue weighted by Gasteiger charge is -2.13. The molecule has 0 saturated heterocycles. The lowest BCUT2D eigenvalue weighted by atomic mass is 10.2. The Balaban J connectivity index is 2.01. The Morgan fingerprint density at radius 1 is 1.35 bits per heavy atom. The Morgan fingerprint density at radius 2 is 2.15 bits per heavy atom. The quantitative estimate of drug-likeness (QED) is 0.785. The Hall–Kier alpha value is -0.900. The van der Waals surface area contributed by atoms with E-state index in [2.05, 4.69) is 5.32 Å². The third-order valence-electron chi connectivity index (χ3n) is 2.96. The summed E-state index contributed by atoms with van der Waals surface area (Å²) in [4.78, 5) is 0. The largest absolute Gasteiger partial charge is 0.490 e. The van der Waals surface area contributed by atoms with E-state index in [0.717, 1.165) is 12.3 Å². The molecule has 2 rings (SSSR count). The monoisotopic (exact) mass is 315 g/mol. The molecule has 0 spiro atoms. The van der Waals surface area contributed by atoms with Crippen molar-refractivity contribution in [1.82, 2.24) is 5.32 Å². The topological polar surface area (TPSA) is 30.5 Å². The van der Waals surface area contributed by atoms with Gasteiger partial charge in [-0.05, 0) is 37.5 Å². The van der Waals surface area contributed by atoms with E-state index in [4.69, 9.17) is 32.7 Å². The van der Waals surface area contributed by atoms with Crippen molar-refractivity contribution in [2.24, 2.45) is 0 Å². The minimum Gasteiger partial charge on any atom is -0.490 e. The van der Waals surface area contributed by atoms with Gasteiger partial charge in [-0.15, -0.1) is 0 Å². The van der Waals surface area contributed by atoms with Gasteiger partial charge in [-0.1, -0.05) is 29.3 Å². The summed E-state index contributed by atoms with van der Waals surface area (Å²) in [5.41, 5.74) is 2.49. The summed E-state index contributed by atoms with van der Waals surface area (Å²) >= 11 is 11.3. The van der Waals surface area contributed by atoms with Crippen LogP contribution in [0.25, 0.3) is 0 Å². The highest BCUT2D eigenvalue weighted by atomic mass is 35.5. The molecule has 20 heavy (non-hydrogen) atoms. The second kappa shape index (κ2) is 7.77. The maximum absolute atomic E-state index is 5.82. The van der Waals surface area contributed by atoms with Gasteiger partial charge in [0, 0.05) is 18.1 Å². The molecule has 1 N–H and O–H groups in total. The van der Waals surface area contributed by atoms with E-state index in [1.165, 1.54) is 23.9 Å². The lowest BCUT2D eigenvalue weighted by Crippen LogP contribution is -2.15. The van der Waals surface area contributed by atoms with Crippen LogP contribution in [-0.2, 0) is 6.54 Å². The van der Waals surface area contributed by atoms with Crippen LogP contribution in [0.1, 0.15) is 25.3 Å². The van der Waals surface area contributed by atoms with Gasteiger partial charge < -0.3 is 14.8 Å². The average molecular weight is 316 g/mol. The number of rotatable bonds is 8. The van der Waals surface area contributed by atoms with Crippen LogP contribution in [0.3, 0.4) is 0 Å². The molecule has 1 aliphatic rings. The molecule has 0 heterocycles. The molecule has 1 saturated carbocycles. The van der Waals surface area contributed by atoms with Crippen molar-refractivity contribution in [2.45, 2.75) is 32.4 Å². The van der Waals surface area contributed by atoms with E-state index in [9.17, 15) is 0 Å². The molecule has 110 valence electrons. The van der Waals surface area contributed by atoms with E-state index in [1.54, 1.807) is 0 Å². The first-order valence-electron chi connectivity index (χ1n) is 6.79. The highest BCUT2D eigenvalue weighted by Crippen LogP contribution is 2.29. The smallest absolute Gasteiger partial charge is 0.161 e. The number of ether oxygens (including phenoxy) is 2. The van der Waals surface area contributed by atoms with Crippen molar-refractivity contribution in [3.05, 3.63) is 34.3 Å².